The largest absolute Gasteiger partial charge is 0.144 e. The van der Waals surface area contributed by atoms with Gasteiger partial charge in [-0.05, 0) is 43.2 Å². The molecule has 0 saturated heterocycles. The molecule has 1 fully saturated rings. The minimum absolute atomic E-state index is 0.241. The number of halogens is 1. The van der Waals surface area contributed by atoms with E-state index in [1.54, 1.807) is 0 Å². The van der Waals surface area contributed by atoms with Crippen LogP contribution in [0.5, 0.6) is 0 Å². The van der Waals surface area contributed by atoms with E-state index in [4.69, 9.17) is 11.6 Å². The van der Waals surface area contributed by atoms with E-state index >= 15 is 0 Å². The van der Waals surface area contributed by atoms with Crippen LogP contribution in [0.15, 0.2) is 12.1 Å². The highest BCUT2D eigenvalue weighted by Crippen LogP contribution is 2.54. The fourth-order valence-corrected chi connectivity index (χ4v) is 4.54. The lowest BCUT2D eigenvalue weighted by molar-refractivity contribution is 0.273. The van der Waals surface area contributed by atoms with Crippen molar-refractivity contribution in [1.29, 1.82) is 0 Å². The minimum atomic E-state index is 0.241. The summed E-state index contributed by atoms with van der Waals surface area (Å²) in [7, 11) is 0. The third-order valence-corrected chi connectivity index (χ3v) is 6.24. The average molecular weight is 257 g/mol. The summed E-state index contributed by atoms with van der Waals surface area (Å²) in [5, 5.41) is 0.241. The van der Waals surface area contributed by atoms with E-state index in [1.165, 1.54) is 41.9 Å². The van der Waals surface area contributed by atoms with Crippen molar-refractivity contribution in [3.63, 3.8) is 0 Å². The van der Waals surface area contributed by atoms with E-state index in [1.807, 2.05) is 11.3 Å². The van der Waals surface area contributed by atoms with Crippen molar-refractivity contribution in [3.05, 3.63) is 21.9 Å². The van der Waals surface area contributed by atoms with Crippen LogP contribution in [0, 0.1) is 5.41 Å². The van der Waals surface area contributed by atoms with Gasteiger partial charge in [-0.2, -0.15) is 0 Å². The Kier molecular flexibility index (Phi) is 3.97. The molecule has 1 atom stereocenters. The number of aryl methyl sites for hydroxylation is 1. The molecule has 1 aromatic rings. The van der Waals surface area contributed by atoms with Gasteiger partial charge in [0.1, 0.15) is 0 Å². The van der Waals surface area contributed by atoms with Gasteiger partial charge in [-0.1, -0.05) is 26.7 Å². The molecule has 0 aromatic carbocycles. The van der Waals surface area contributed by atoms with Gasteiger partial charge in [0, 0.05) is 9.75 Å². The van der Waals surface area contributed by atoms with Crippen molar-refractivity contribution in [3.8, 4) is 0 Å². The number of hydrogen-bond acceptors (Lipinski definition) is 1. The van der Waals surface area contributed by atoms with Crippen LogP contribution in [0.3, 0.4) is 0 Å². The van der Waals surface area contributed by atoms with Gasteiger partial charge < -0.3 is 0 Å². The lowest BCUT2D eigenvalue weighted by Crippen LogP contribution is -2.20. The van der Waals surface area contributed by atoms with Gasteiger partial charge in [0.2, 0.25) is 0 Å². The third kappa shape index (κ3) is 2.17. The molecule has 1 saturated carbocycles. The molecule has 0 N–H and O–H groups in total. The van der Waals surface area contributed by atoms with Gasteiger partial charge in [-0.25, -0.2) is 0 Å². The highest BCUT2D eigenvalue weighted by molar-refractivity contribution is 7.12. The normalized spacial score (nSPS) is 21.2. The second-order valence-corrected chi connectivity index (χ2v) is 6.58. The first-order valence-electron chi connectivity index (χ1n) is 6.44. The van der Waals surface area contributed by atoms with Gasteiger partial charge in [-0.3, -0.25) is 0 Å². The van der Waals surface area contributed by atoms with E-state index in [2.05, 4.69) is 26.0 Å². The summed E-state index contributed by atoms with van der Waals surface area (Å²) in [6.07, 6.45) is 7.72. The van der Waals surface area contributed by atoms with Gasteiger partial charge in [0.25, 0.3) is 0 Å². The first-order valence-corrected chi connectivity index (χ1v) is 7.70. The van der Waals surface area contributed by atoms with Gasteiger partial charge in [-0.15, -0.1) is 22.9 Å². The molecule has 0 bridgehead atoms. The maximum absolute atomic E-state index is 6.75. The first kappa shape index (κ1) is 12.4. The summed E-state index contributed by atoms with van der Waals surface area (Å²) in [5.74, 6) is 0. The molecule has 16 heavy (non-hydrogen) atoms. The Morgan fingerprint density at radius 2 is 2.00 bits per heavy atom. The van der Waals surface area contributed by atoms with E-state index < -0.39 is 0 Å². The molecular formula is C14H21ClS. The lowest BCUT2D eigenvalue weighted by Gasteiger charge is -2.32. The molecule has 2 rings (SSSR count). The Bertz CT molecular complexity index is 336. The number of rotatable bonds is 4. The molecule has 1 aliphatic rings. The summed E-state index contributed by atoms with van der Waals surface area (Å²) in [6.45, 7) is 4.51. The lowest BCUT2D eigenvalue weighted by atomic mass is 9.79. The SMILES string of the molecule is CCc1ccc(C(Cl)C2(CC)CCCC2)s1. The minimum Gasteiger partial charge on any atom is -0.144 e. The highest BCUT2D eigenvalue weighted by Gasteiger charge is 2.40. The van der Waals surface area contributed by atoms with Crippen molar-refractivity contribution in [2.24, 2.45) is 5.41 Å². The standard InChI is InChI=1S/C14H21ClS/c1-3-11-7-8-12(16-11)13(15)14(4-2)9-5-6-10-14/h7-8,13H,3-6,9-10H2,1-2H3. The summed E-state index contributed by atoms with van der Waals surface area (Å²) < 4.78 is 0. The number of alkyl halides is 1. The molecule has 90 valence electrons. The van der Waals surface area contributed by atoms with Crippen LogP contribution >= 0.6 is 22.9 Å². The van der Waals surface area contributed by atoms with Crippen molar-refractivity contribution >= 4 is 22.9 Å². The predicted molar refractivity (Wildman–Crippen MR) is 73.5 cm³/mol. The fraction of sp³-hybridized carbons (Fsp3) is 0.714. The molecule has 0 nitrogen and oxygen atoms in total. The van der Waals surface area contributed by atoms with Gasteiger partial charge in [0.05, 0.1) is 5.38 Å². The second-order valence-electron chi connectivity index (χ2n) is 4.94. The molecule has 2 heteroatoms. The Labute approximate surface area is 108 Å². The maximum Gasteiger partial charge on any atom is 0.0734 e. The Hall–Kier alpha value is -0.0100. The molecule has 1 aliphatic carbocycles. The van der Waals surface area contributed by atoms with Crippen LogP contribution in [0.25, 0.3) is 0 Å². The average Bonchev–Trinajstić information content (AvgIpc) is 2.98. The molecule has 1 heterocycles. The Morgan fingerprint density at radius 3 is 2.50 bits per heavy atom. The maximum atomic E-state index is 6.75. The Morgan fingerprint density at radius 1 is 1.31 bits per heavy atom. The number of thiophene rings is 1. The van der Waals surface area contributed by atoms with Crippen LogP contribution in [0.4, 0.5) is 0 Å². The highest BCUT2D eigenvalue weighted by atomic mass is 35.5. The molecular weight excluding hydrogens is 236 g/mol. The van der Waals surface area contributed by atoms with E-state index in [0.29, 0.717) is 5.41 Å². The number of hydrogen-bond donors (Lipinski definition) is 0. The molecule has 1 aromatic heterocycles. The van der Waals surface area contributed by atoms with Crippen LogP contribution in [-0.2, 0) is 6.42 Å². The summed E-state index contributed by atoms with van der Waals surface area (Å²) >= 11 is 8.66. The summed E-state index contributed by atoms with van der Waals surface area (Å²) in [5.41, 5.74) is 0.386. The van der Waals surface area contributed by atoms with Crippen LogP contribution in [-0.4, -0.2) is 0 Å². The zero-order valence-corrected chi connectivity index (χ0v) is 11.8. The smallest absolute Gasteiger partial charge is 0.0734 e. The quantitative estimate of drug-likeness (QED) is 0.619. The zero-order chi connectivity index (χ0) is 11.6. The van der Waals surface area contributed by atoms with Crippen molar-refractivity contribution in [2.75, 3.05) is 0 Å². The molecule has 0 amide bonds. The van der Waals surface area contributed by atoms with E-state index in [0.717, 1.165) is 6.42 Å². The zero-order valence-electron chi connectivity index (χ0n) is 10.3. The fourth-order valence-electron chi connectivity index (χ4n) is 2.89. The van der Waals surface area contributed by atoms with E-state index in [9.17, 15) is 0 Å². The van der Waals surface area contributed by atoms with Crippen LogP contribution in [0.2, 0.25) is 0 Å². The van der Waals surface area contributed by atoms with Gasteiger partial charge >= 0.3 is 0 Å². The van der Waals surface area contributed by atoms with Crippen molar-refractivity contribution in [1.82, 2.24) is 0 Å². The molecule has 1 unspecified atom stereocenters. The van der Waals surface area contributed by atoms with Crippen molar-refractivity contribution in [2.45, 2.75) is 57.7 Å². The monoisotopic (exact) mass is 256 g/mol. The third-order valence-electron chi connectivity index (χ3n) is 4.12. The topological polar surface area (TPSA) is 0 Å². The van der Waals surface area contributed by atoms with Gasteiger partial charge in [0.15, 0.2) is 0 Å². The van der Waals surface area contributed by atoms with Crippen LogP contribution < -0.4 is 0 Å². The first-order chi connectivity index (χ1) is 7.72. The summed E-state index contributed by atoms with van der Waals surface area (Å²) in [4.78, 5) is 2.85. The second kappa shape index (κ2) is 5.10. The Balaban J connectivity index is 2.19. The van der Waals surface area contributed by atoms with Crippen LogP contribution in [0.1, 0.15) is 61.1 Å². The van der Waals surface area contributed by atoms with Crippen molar-refractivity contribution < 1.29 is 0 Å². The molecule has 0 radical (unpaired) electrons. The summed E-state index contributed by atoms with van der Waals surface area (Å²) in [6, 6.07) is 4.49. The molecule has 0 aliphatic heterocycles. The van der Waals surface area contributed by atoms with E-state index in [-0.39, 0.29) is 5.38 Å². The predicted octanol–water partition coefficient (Wildman–Crippen LogP) is 5.56. The molecule has 0 spiro atoms.